The van der Waals surface area contributed by atoms with Crippen LogP contribution in [0.4, 0.5) is 0 Å². The standard InChI is InChI=1S/C14H25NO3/c1-5-15(10-11-6-7-11)12(16)8-9-13(17)18-14(2,3)4/h11H,5-10H2,1-4H3. The minimum atomic E-state index is -0.474. The monoisotopic (exact) mass is 255 g/mol. The largest absolute Gasteiger partial charge is 0.460 e. The Morgan fingerprint density at radius 2 is 1.83 bits per heavy atom. The van der Waals surface area contributed by atoms with Gasteiger partial charge in [0.15, 0.2) is 0 Å². The van der Waals surface area contributed by atoms with Gasteiger partial charge in [-0.1, -0.05) is 0 Å². The summed E-state index contributed by atoms with van der Waals surface area (Å²) >= 11 is 0. The maximum absolute atomic E-state index is 11.9. The average Bonchev–Trinajstić information content (AvgIpc) is 3.04. The molecular formula is C14H25NO3. The molecule has 1 aliphatic carbocycles. The highest BCUT2D eigenvalue weighted by Crippen LogP contribution is 2.29. The van der Waals surface area contributed by atoms with E-state index in [0.29, 0.717) is 5.92 Å². The number of esters is 1. The van der Waals surface area contributed by atoms with Gasteiger partial charge in [-0.3, -0.25) is 9.59 Å². The van der Waals surface area contributed by atoms with Crippen LogP contribution in [0.25, 0.3) is 0 Å². The van der Waals surface area contributed by atoms with Crippen LogP contribution in [-0.4, -0.2) is 35.5 Å². The summed E-state index contributed by atoms with van der Waals surface area (Å²) in [5, 5.41) is 0. The molecule has 0 bridgehead atoms. The molecule has 0 saturated heterocycles. The Balaban J connectivity index is 2.27. The zero-order chi connectivity index (χ0) is 13.8. The number of hydrogen-bond acceptors (Lipinski definition) is 3. The molecule has 0 radical (unpaired) electrons. The van der Waals surface area contributed by atoms with Crippen LogP contribution in [0.2, 0.25) is 0 Å². The Bertz CT molecular complexity index is 303. The first-order valence-electron chi connectivity index (χ1n) is 6.81. The average molecular weight is 255 g/mol. The van der Waals surface area contributed by atoms with Gasteiger partial charge < -0.3 is 9.64 Å². The number of rotatable bonds is 6. The molecular weight excluding hydrogens is 230 g/mol. The molecule has 4 heteroatoms. The molecule has 0 spiro atoms. The second-order valence-corrected chi connectivity index (χ2v) is 5.96. The van der Waals surface area contributed by atoms with E-state index >= 15 is 0 Å². The summed E-state index contributed by atoms with van der Waals surface area (Å²) in [6.45, 7) is 9.05. The quantitative estimate of drug-likeness (QED) is 0.684. The van der Waals surface area contributed by atoms with Crippen molar-refractivity contribution in [2.45, 2.75) is 59.0 Å². The summed E-state index contributed by atoms with van der Waals surface area (Å²) in [5.41, 5.74) is -0.474. The van der Waals surface area contributed by atoms with Crippen molar-refractivity contribution in [2.24, 2.45) is 5.92 Å². The topological polar surface area (TPSA) is 46.6 Å². The SMILES string of the molecule is CCN(CC1CC1)C(=O)CCC(=O)OC(C)(C)C. The number of carbonyl (C=O) groups is 2. The molecule has 0 atom stereocenters. The van der Waals surface area contributed by atoms with Gasteiger partial charge in [0.2, 0.25) is 5.91 Å². The van der Waals surface area contributed by atoms with Gasteiger partial charge in [0.1, 0.15) is 5.60 Å². The normalized spacial score (nSPS) is 15.3. The van der Waals surface area contributed by atoms with E-state index in [9.17, 15) is 9.59 Å². The second kappa shape index (κ2) is 6.21. The van der Waals surface area contributed by atoms with E-state index in [2.05, 4.69) is 0 Å². The Morgan fingerprint density at radius 3 is 2.28 bits per heavy atom. The molecule has 0 aliphatic heterocycles. The molecule has 0 aromatic heterocycles. The van der Waals surface area contributed by atoms with Crippen LogP contribution in [-0.2, 0) is 14.3 Å². The minimum Gasteiger partial charge on any atom is -0.460 e. The highest BCUT2D eigenvalue weighted by atomic mass is 16.6. The van der Waals surface area contributed by atoms with Crippen LogP contribution in [0.15, 0.2) is 0 Å². The van der Waals surface area contributed by atoms with E-state index in [1.54, 1.807) is 0 Å². The van der Waals surface area contributed by atoms with Crippen LogP contribution >= 0.6 is 0 Å². The van der Waals surface area contributed by atoms with Crippen LogP contribution in [0, 0.1) is 5.92 Å². The zero-order valence-electron chi connectivity index (χ0n) is 12.0. The Kier molecular flexibility index (Phi) is 5.17. The van der Waals surface area contributed by atoms with Gasteiger partial charge >= 0.3 is 5.97 Å². The van der Waals surface area contributed by atoms with Crippen LogP contribution < -0.4 is 0 Å². The Morgan fingerprint density at radius 1 is 1.22 bits per heavy atom. The van der Waals surface area contributed by atoms with Gasteiger partial charge in [0.25, 0.3) is 0 Å². The summed E-state index contributed by atoms with van der Waals surface area (Å²) < 4.78 is 5.19. The summed E-state index contributed by atoms with van der Waals surface area (Å²) in [5.74, 6) is 0.462. The molecule has 0 heterocycles. The van der Waals surface area contributed by atoms with Crippen LogP contribution in [0.5, 0.6) is 0 Å². The Labute approximate surface area is 110 Å². The van der Waals surface area contributed by atoms with Crippen molar-refractivity contribution in [3.05, 3.63) is 0 Å². The molecule has 1 rings (SSSR count). The fourth-order valence-corrected chi connectivity index (χ4v) is 1.78. The lowest BCUT2D eigenvalue weighted by Crippen LogP contribution is -2.33. The number of nitrogens with zero attached hydrogens (tertiary/aromatic N) is 1. The molecule has 4 nitrogen and oxygen atoms in total. The summed E-state index contributed by atoms with van der Waals surface area (Å²) in [4.78, 5) is 25.3. The van der Waals surface area contributed by atoms with E-state index in [1.807, 2.05) is 32.6 Å². The molecule has 1 fully saturated rings. The molecule has 18 heavy (non-hydrogen) atoms. The summed E-state index contributed by atoms with van der Waals surface area (Å²) in [6.07, 6.45) is 2.90. The fraction of sp³-hybridized carbons (Fsp3) is 0.857. The lowest BCUT2D eigenvalue weighted by molar-refractivity contribution is -0.156. The Hall–Kier alpha value is -1.06. The summed E-state index contributed by atoms with van der Waals surface area (Å²) in [7, 11) is 0. The molecule has 1 saturated carbocycles. The van der Waals surface area contributed by atoms with Gasteiger partial charge in [-0.15, -0.1) is 0 Å². The third-order valence-corrected chi connectivity index (χ3v) is 2.87. The van der Waals surface area contributed by atoms with E-state index in [0.717, 1.165) is 13.1 Å². The zero-order valence-corrected chi connectivity index (χ0v) is 12.0. The maximum Gasteiger partial charge on any atom is 0.306 e. The molecule has 1 aliphatic rings. The van der Waals surface area contributed by atoms with Crippen LogP contribution in [0.3, 0.4) is 0 Å². The number of carbonyl (C=O) groups excluding carboxylic acids is 2. The molecule has 104 valence electrons. The van der Waals surface area contributed by atoms with Gasteiger partial charge in [-0.05, 0) is 46.5 Å². The first kappa shape index (κ1) is 15.0. The van der Waals surface area contributed by atoms with Crippen molar-refractivity contribution < 1.29 is 14.3 Å². The first-order chi connectivity index (χ1) is 8.31. The van der Waals surface area contributed by atoms with E-state index in [1.165, 1.54) is 12.8 Å². The van der Waals surface area contributed by atoms with E-state index < -0.39 is 5.60 Å². The smallest absolute Gasteiger partial charge is 0.306 e. The van der Waals surface area contributed by atoms with Crippen molar-refractivity contribution in [2.75, 3.05) is 13.1 Å². The van der Waals surface area contributed by atoms with Gasteiger partial charge in [0, 0.05) is 19.5 Å². The van der Waals surface area contributed by atoms with Crippen molar-refractivity contribution in [1.29, 1.82) is 0 Å². The van der Waals surface area contributed by atoms with Crippen molar-refractivity contribution >= 4 is 11.9 Å². The third kappa shape index (κ3) is 6.03. The lowest BCUT2D eigenvalue weighted by atomic mass is 10.2. The fourth-order valence-electron chi connectivity index (χ4n) is 1.78. The predicted octanol–water partition coefficient (Wildman–Crippen LogP) is 2.37. The highest BCUT2D eigenvalue weighted by Gasteiger charge is 2.26. The minimum absolute atomic E-state index is 0.0651. The maximum atomic E-state index is 11.9. The van der Waals surface area contributed by atoms with E-state index in [-0.39, 0.29) is 24.7 Å². The van der Waals surface area contributed by atoms with Gasteiger partial charge in [-0.2, -0.15) is 0 Å². The highest BCUT2D eigenvalue weighted by molar-refractivity contribution is 5.81. The van der Waals surface area contributed by atoms with Gasteiger partial charge in [-0.25, -0.2) is 0 Å². The van der Waals surface area contributed by atoms with Crippen molar-refractivity contribution in [1.82, 2.24) is 4.90 Å². The van der Waals surface area contributed by atoms with Crippen LogP contribution in [0.1, 0.15) is 53.4 Å². The van der Waals surface area contributed by atoms with Crippen molar-refractivity contribution in [3.63, 3.8) is 0 Å². The summed E-state index contributed by atoms with van der Waals surface area (Å²) in [6, 6.07) is 0. The number of ether oxygens (including phenoxy) is 1. The predicted molar refractivity (Wildman–Crippen MR) is 70.1 cm³/mol. The molecule has 0 aromatic carbocycles. The number of amides is 1. The van der Waals surface area contributed by atoms with Crippen molar-refractivity contribution in [3.8, 4) is 0 Å². The molecule has 0 unspecified atom stereocenters. The first-order valence-corrected chi connectivity index (χ1v) is 6.81. The lowest BCUT2D eigenvalue weighted by Gasteiger charge is -2.22. The third-order valence-electron chi connectivity index (χ3n) is 2.87. The second-order valence-electron chi connectivity index (χ2n) is 5.96. The molecule has 1 amide bonds. The van der Waals surface area contributed by atoms with Gasteiger partial charge in [0.05, 0.1) is 6.42 Å². The number of hydrogen-bond donors (Lipinski definition) is 0. The molecule has 0 N–H and O–H groups in total. The van der Waals surface area contributed by atoms with E-state index in [4.69, 9.17) is 4.74 Å². The molecule has 0 aromatic rings.